The smallest absolute Gasteiger partial charge is 0.374 e. The Balaban J connectivity index is 1.90. The van der Waals surface area contributed by atoms with Gasteiger partial charge >= 0.3 is 32.2 Å². The lowest BCUT2D eigenvalue weighted by atomic mass is 9.73. The van der Waals surface area contributed by atoms with E-state index in [1.165, 1.54) is 0 Å². The van der Waals surface area contributed by atoms with Crippen LogP contribution in [0.25, 0.3) is 0 Å². The molecule has 0 aliphatic heterocycles. The fourth-order valence-electron chi connectivity index (χ4n) is 4.17. The van der Waals surface area contributed by atoms with E-state index in [1.807, 2.05) is 97.1 Å². The standard InChI is InChI=1S/C26H18B4O4/c27-31-21-9-1-17(2-10-21)25(18-3-11-22(32-28)12-4-18)26(19-5-13-23(33-29)14-6-19)20-7-15-24(34-30)16-8-20/h1-16,25-26H. The molecule has 0 saturated carbocycles. The highest BCUT2D eigenvalue weighted by molar-refractivity contribution is 6.00. The molecule has 0 spiro atoms. The third-order valence-corrected chi connectivity index (χ3v) is 5.83. The monoisotopic (exact) mass is 438 g/mol. The lowest BCUT2D eigenvalue weighted by molar-refractivity contribution is 0.608. The van der Waals surface area contributed by atoms with Crippen LogP contribution in [0.1, 0.15) is 34.1 Å². The molecule has 0 fully saturated rings. The number of benzene rings is 4. The van der Waals surface area contributed by atoms with Crippen molar-refractivity contribution in [2.45, 2.75) is 11.8 Å². The van der Waals surface area contributed by atoms with E-state index in [9.17, 15) is 0 Å². The molecule has 8 radical (unpaired) electrons. The van der Waals surface area contributed by atoms with E-state index in [-0.39, 0.29) is 11.8 Å². The van der Waals surface area contributed by atoms with Gasteiger partial charge in [-0.15, -0.1) is 0 Å². The Hall–Kier alpha value is -3.66. The molecule has 4 aromatic carbocycles. The van der Waals surface area contributed by atoms with Crippen molar-refractivity contribution in [1.29, 1.82) is 0 Å². The molecule has 0 bridgehead atoms. The van der Waals surface area contributed by atoms with Crippen LogP contribution in [0.5, 0.6) is 23.0 Å². The topological polar surface area (TPSA) is 36.9 Å². The Bertz CT molecular complexity index is 990. The maximum atomic E-state index is 5.35. The Morgan fingerprint density at radius 1 is 0.324 bits per heavy atom. The molecule has 158 valence electrons. The van der Waals surface area contributed by atoms with E-state index in [4.69, 9.17) is 50.8 Å². The second-order valence-electron chi connectivity index (χ2n) is 7.70. The van der Waals surface area contributed by atoms with E-state index in [1.54, 1.807) is 0 Å². The van der Waals surface area contributed by atoms with Crippen LogP contribution in [0, 0.1) is 0 Å². The summed E-state index contributed by atoms with van der Waals surface area (Å²) in [6.07, 6.45) is 0. The zero-order valence-electron chi connectivity index (χ0n) is 18.3. The molecule has 34 heavy (non-hydrogen) atoms. The highest BCUT2D eigenvalue weighted by atomic mass is 16.4. The number of rotatable bonds is 9. The van der Waals surface area contributed by atoms with Crippen molar-refractivity contribution in [3.05, 3.63) is 119 Å². The minimum atomic E-state index is -0.0899. The Morgan fingerprint density at radius 2 is 0.500 bits per heavy atom. The first-order valence-electron chi connectivity index (χ1n) is 10.5. The van der Waals surface area contributed by atoms with Gasteiger partial charge in [0.2, 0.25) is 0 Å². The van der Waals surface area contributed by atoms with Gasteiger partial charge in [-0.1, -0.05) is 48.5 Å². The molecule has 0 saturated heterocycles. The minimum Gasteiger partial charge on any atom is -0.568 e. The molecule has 0 N–H and O–H groups in total. The quantitative estimate of drug-likeness (QED) is 0.361. The average Bonchev–Trinajstić information content (AvgIpc) is 2.92. The molecule has 0 aliphatic rings. The first kappa shape index (κ1) is 23.5. The molecule has 4 nitrogen and oxygen atoms in total. The van der Waals surface area contributed by atoms with Gasteiger partial charge in [0, 0.05) is 11.8 Å². The van der Waals surface area contributed by atoms with Crippen molar-refractivity contribution < 1.29 is 18.6 Å². The van der Waals surface area contributed by atoms with Crippen molar-refractivity contribution in [3.8, 4) is 23.0 Å². The van der Waals surface area contributed by atoms with Gasteiger partial charge in [0.15, 0.2) is 0 Å². The average molecular weight is 438 g/mol. The van der Waals surface area contributed by atoms with E-state index in [0.29, 0.717) is 23.0 Å². The molecule has 0 aromatic heterocycles. The second kappa shape index (κ2) is 11.0. The van der Waals surface area contributed by atoms with Gasteiger partial charge in [0.1, 0.15) is 0 Å². The molecular formula is C26H18B4O4. The van der Waals surface area contributed by atoms with Crippen molar-refractivity contribution in [3.63, 3.8) is 0 Å². The van der Waals surface area contributed by atoms with E-state index < -0.39 is 0 Å². The summed E-state index contributed by atoms with van der Waals surface area (Å²) in [5.74, 6) is 2.10. The zero-order valence-corrected chi connectivity index (χ0v) is 18.3. The minimum absolute atomic E-state index is 0.0899. The number of hydrogen-bond acceptors (Lipinski definition) is 4. The molecule has 0 heterocycles. The van der Waals surface area contributed by atoms with Crippen LogP contribution >= 0.6 is 0 Å². The predicted octanol–water partition coefficient (Wildman–Crippen LogP) is 4.50. The van der Waals surface area contributed by atoms with Crippen molar-refractivity contribution in [1.82, 2.24) is 0 Å². The largest absolute Gasteiger partial charge is 0.568 e. The van der Waals surface area contributed by atoms with Crippen LogP contribution in [-0.2, 0) is 0 Å². The molecule has 8 heteroatoms. The third-order valence-electron chi connectivity index (χ3n) is 5.83. The highest BCUT2D eigenvalue weighted by Crippen LogP contribution is 2.44. The Kier molecular flexibility index (Phi) is 7.58. The fraction of sp³-hybridized carbons (Fsp3) is 0.0769. The van der Waals surface area contributed by atoms with Crippen LogP contribution in [0.4, 0.5) is 0 Å². The fourth-order valence-corrected chi connectivity index (χ4v) is 4.17. The van der Waals surface area contributed by atoms with Gasteiger partial charge in [-0.2, -0.15) is 0 Å². The molecule has 0 unspecified atom stereocenters. The summed E-state index contributed by atoms with van der Waals surface area (Å²) >= 11 is 0. The second-order valence-corrected chi connectivity index (χ2v) is 7.70. The van der Waals surface area contributed by atoms with E-state index in [0.717, 1.165) is 22.3 Å². The summed E-state index contributed by atoms with van der Waals surface area (Å²) in [4.78, 5) is 0. The first-order valence-corrected chi connectivity index (χ1v) is 10.5. The molecule has 0 aliphatic carbocycles. The van der Waals surface area contributed by atoms with Gasteiger partial charge in [-0.05, 0) is 70.8 Å². The maximum Gasteiger partial charge on any atom is 0.374 e. The summed E-state index contributed by atoms with van der Waals surface area (Å²) in [7, 11) is 21.4. The summed E-state index contributed by atoms with van der Waals surface area (Å²) in [6, 6.07) is 30.7. The maximum absolute atomic E-state index is 5.35. The summed E-state index contributed by atoms with van der Waals surface area (Å²) in [6.45, 7) is 0. The molecule has 0 atom stereocenters. The van der Waals surface area contributed by atoms with Crippen LogP contribution in [0.15, 0.2) is 97.1 Å². The normalized spacial score (nSPS) is 10.8. The van der Waals surface area contributed by atoms with Gasteiger partial charge in [0.05, 0.1) is 23.0 Å². The van der Waals surface area contributed by atoms with Gasteiger partial charge in [-0.25, -0.2) is 0 Å². The van der Waals surface area contributed by atoms with E-state index >= 15 is 0 Å². The van der Waals surface area contributed by atoms with E-state index in [2.05, 4.69) is 0 Å². The van der Waals surface area contributed by atoms with Gasteiger partial charge < -0.3 is 18.6 Å². The summed E-state index contributed by atoms with van der Waals surface area (Å²) < 4.78 is 19.5. The zero-order chi connectivity index (χ0) is 23.9. The van der Waals surface area contributed by atoms with Gasteiger partial charge in [0.25, 0.3) is 0 Å². The van der Waals surface area contributed by atoms with Crippen LogP contribution in [0.2, 0.25) is 0 Å². The third kappa shape index (κ3) is 5.12. The van der Waals surface area contributed by atoms with Crippen molar-refractivity contribution in [2.24, 2.45) is 0 Å². The highest BCUT2D eigenvalue weighted by Gasteiger charge is 2.28. The predicted molar refractivity (Wildman–Crippen MR) is 135 cm³/mol. The first-order chi connectivity index (χ1) is 16.7. The lowest BCUT2D eigenvalue weighted by Crippen LogP contribution is -2.15. The summed E-state index contributed by atoms with van der Waals surface area (Å²) in [5, 5.41) is 0. The molecular weight excluding hydrogens is 420 g/mol. The molecule has 0 amide bonds. The van der Waals surface area contributed by atoms with Crippen LogP contribution in [0.3, 0.4) is 0 Å². The number of hydrogen-bond donors (Lipinski definition) is 0. The van der Waals surface area contributed by atoms with Crippen molar-refractivity contribution >= 4 is 32.2 Å². The SMILES string of the molecule is [B]Oc1ccc(C(c2ccc(O[B])cc2)C(c2ccc(O[B])cc2)c2ccc(O[B])cc2)cc1. The van der Waals surface area contributed by atoms with Crippen LogP contribution in [-0.4, -0.2) is 32.2 Å². The van der Waals surface area contributed by atoms with Gasteiger partial charge in [-0.3, -0.25) is 0 Å². The molecule has 4 rings (SSSR count). The van der Waals surface area contributed by atoms with Crippen molar-refractivity contribution in [2.75, 3.05) is 0 Å². The van der Waals surface area contributed by atoms with Crippen LogP contribution < -0.4 is 18.6 Å². The lowest BCUT2D eigenvalue weighted by Gasteiger charge is -2.30. The summed E-state index contributed by atoms with van der Waals surface area (Å²) in [5.41, 5.74) is 4.24. The molecule has 4 aromatic rings. The Morgan fingerprint density at radius 3 is 0.647 bits per heavy atom. The Labute approximate surface area is 205 Å².